The summed E-state index contributed by atoms with van der Waals surface area (Å²) in [6.07, 6.45) is 2.40. The SMILES string of the molecule is Cc1ccc2c(c1)CC(CC1COCCC1=O)O2. The molecular weight excluding hydrogens is 228 g/mol. The van der Waals surface area contributed by atoms with Gasteiger partial charge in [0.15, 0.2) is 0 Å². The first kappa shape index (κ1) is 11.7. The fourth-order valence-corrected chi connectivity index (χ4v) is 2.79. The highest BCUT2D eigenvalue weighted by Crippen LogP contribution is 2.32. The van der Waals surface area contributed by atoms with E-state index in [0.717, 1.165) is 18.6 Å². The molecule has 0 radical (unpaired) electrons. The van der Waals surface area contributed by atoms with Gasteiger partial charge in [0.1, 0.15) is 17.6 Å². The first-order chi connectivity index (χ1) is 8.72. The van der Waals surface area contributed by atoms with Gasteiger partial charge in [-0.25, -0.2) is 0 Å². The maximum Gasteiger partial charge on any atom is 0.140 e. The van der Waals surface area contributed by atoms with E-state index in [4.69, 9.17) is 9.47 Å². The molecule has 0 aromatic heterocycles. The van der Waals surface area contributed by atoms with E-state index in [1.807, 2.05) is 6.07 Å². The summed E-state index contributed by atoms with van der Waals surface area (Å²) in [5.74, 6) is 1.34. The van der Waals surface area contributed by atoms with E-state index in [1.165, 1.54) is 11.1 Å². The summed E-state index contributed by atoms with van der Waals surface area (Å²) in [6, 6.07) is 6.27. The Morgan fingerprint density at radius 2 is 2.28 bits per heavy atom. The molecule has 1 saturated heterocycles. The number of ether oxygens (including phenoxy) is 2. The van der Waals surface area contributed by atoms with Gasteiger partial charge in [0.05, 0.1) is 13.2 Å². The fourth-order valence-electron chi connectivity index (χ4n) is 2.79. The summed E-state index contributed by atoms with van der Waals surface area (Å²) in [7, 11) is 0. The van der Waals surface area contributed by atoms with Crippen LogP contribution in [0.3, 0.4) is 0 Å². The highest BCUT2D eigenvalue weighted by molar-refractivity contribution is 5.81. The third kappa shape index (κ3) is 2.27. The summed E-state index contributed by atoms with van der Waals surface area (Å²) in [5, 5.41) is 0. The highest BCUT2D eigenvalue weighted by Gasteiger charge is 2.30. The summed E-state index contributed by atoms with van der Waals surface area (Å²) in [6.45, 7) is 3.24. The van der Waals surface area contributed by atoms with E-state index < -0.39 is 0 Å². The van der Waals surface area contributed by atoms with E-state index in [0.29, 0.717) is 25.4 Å². The maximum absolute atomic E-state index is 11.8. The van der Waals surface area contributed by atoms with Crippen LogP contribution in [-0.2, 0) is 16.0 Å². The van der Waals surface area contributed by atoms with Crippen molar-refractivity contribution in [1.82, 2.24) is 0 Å². The Morgan fingerprint density at radius 1 is 1.39 bits per heavy atom. The maximum atomic E-state index is 11.8. The zero-order valence-corrected chi connectivity index (χ0v) is 10.6. The number of benzene rings is 1. The van der Waals surface area contributed by atoms with Gasteiger partial charge < -0.3 is 9.47 Å². The van der Waals surface area contributed by atoms with Crippen LogP contribution in [-0.4, -0.2) is 25.1 Å². The molecule has 1 aromatic carbocycles. The second-order valence-electron chi connectivity index (χ2n) is 5.28. The second-order valence-corrected chi connectivity index (χ2v) is 5.28. The van der Waals surface area contributed by atoms with Crippen molar-refractivity contribution in [3.63, 3.8) is 0 Å². The molecule has 2 heterocycles. The number of Topliss-reactive ketones (excluding diaryl/α,β-unsaturated/α-hetero) is 1. The number of fused-ring (bicyclic) bond motifs is 1. The third-order valence-electron chi connectivity index (χ3n) is 3.77. The Bertz CT molecular complexity index is 467. The quantitative estimate of drug-likeness (QED) is 0.803. The lowest BCUT2D eigenvalue weighted by atomic mass is 9.92. The molecule has 0 spiro atoms. The van der Waals surface area contributed by atoms with Crippen LogP contribution in [0.15, 0.2) is 18.2 Å². The van der Waals surface area contributed by atoms with Crippen LogP contribution in [0.1, 0.15) is 24.0 Å². The molecule has 0 amide bonds. The molecule has 18 heavy (non-hydrogen) atoms. The van der Waals surface area contributed by atoms with Gasteiger partial charge in [0.25, 0.3) is 0 Å². The number of rotatable bonds is 2. The fraction of sp³-hybridized carbons (Fsp3) is 0.533. The Hall–Kier alpha value is -1.35. The molecule has 1 aromatic rings. The molecule has 0 saturated carbocycles. The van der Waals surface area contributed by atoms with Crippen molar-refractivity contribution in [2.75, 3.05) is 13.2 Å². The van der Waals surface area contributed by atoms with Crippen LogP contribution in [0.5, 0.6) is 5.75 Å². The molecule has 0 N–H and O–H groups in total. The molecule has 0 aliphatic carbocycles. The molecular formula is C15H18O3. The molecule has 96 valence electrons. The molecule has 3 nitrogen and oxygen atoms in total. The predicted octanol–water partition coefficient (Wildman–Crippen LogP) is 2.29. The Labute approximate surface area is 107 Å². The minimum Gasteiger partial charge on any atom is -0.490 e. The molecule has 2 aliphatic heterocycles. The van der Waals surface area contributed by atoms with Gasteiger partial charge in [-0.15, -0.1) is 0 Å². The number of aryl methyl sites for hydroxylation is 1. The summed E-state index contributed by atoms with van der Waals surface area (Å²) >= 11 is 0. The predicted molar refractivity (Wildman–Crippen MR) is 67.8 cm³/mol. The van der Waals surface area contributed by atoms with Crippen molar-refractivity contribution >= 4 is 5.78 Å². The third-order valence-corrected chi connectivity index (χ3v) is 3.77. The minimum absolute atomic E-state index is 0.0270. The number of ketones is 1. The number of hydrogen-bond donors (Lipinski definition) is 0. The normalized spacial score (nSPS) is 26.8. The molecule has 2 unspecified atom stereocenters. The van der Waals surface area contributed by atoms with Crippen molar-refractivity contribution in [3.8, 4) is 5.75 Å². The van der Waals surface area contributed by atoms with Gasteiger partial charge in [-0.3, -0.25) is 4.79 Å². The minimum atomic E-state index is 0.0270. The number of carbonyl (C=O) groups excluding carboxylic acids is 1. The first-order valence-corrected chi connectivity index (χ1v) is 6.59. The lowest BCUT2D eigenvalue weighted by molar-refractivity contribution is -0.131. The summed E-state index contributed by atoms with van der Waals surface area (Å²) in [5.41, 5.74) is 2.53. The van der Waals surface area contributed by atoms with Gasteiger partial charge in [0, 0.05) is 18.8 Å². The van der Waals surface area contributed by atoms with Gasteiger partial charge in [-0.2, -0.15) is 0 Å². The van der Waals surface area contributed by atoms with Crippen LogP contribution in [0, 0.1) is 12.8 Å². The average molecular weight is 246 g/mol. The lowest BCUT2D eigenvalue weighted by Gasteiger charge is -2.23. The van der Waals surface area contributed by atoms with Crippen LogP contribution in [0.25, 0.3) is 0 Å². The van der Waals surface area contributed by atoms with Crippen LogP contribution < -0.4 is 4.74 Å². The number of hydrogen-bond acceptors (Lipinski definition) is 3. The van der Waals surface area contributed by atoms with Gasteiger partial charge >= 0.3 is 0 Å². The average Bonchev–Trinajstić information content (AvgIpc) is 2.73. The van der Waals surface area contributed by atoms with Gasteiger partial charge in [0.2, 0.25) is 0 Å². The lowest BCUT2D eigenvalue weighted by Crippen LogP contribution is -2.32. The molecule has 3 heteroatoms. The Kier molecular flexibility index (Phi) is 3.08. The number of carbonyl (C=O) groups is 1. The Balaban J connectivity index is 1.65. The molecule has 0 bridgehead atoms. The first-order valence-electron chi connectivity index (χ1n) is 6.59. The van der Waals surface area contributed by atoms with E-state index in [-0.39, 0.29) is 12.0 Å². The summed E-state index contributed by atoms with van der Waals surface area (Å²) in [4.78, 5) is 11.8. The van der Waals surface area contributed by atoms with Crippen LogP contribution in [0.2, 0.25) is 0 Å². The standard InChI is InChI=1S/C15H18O3/c1-10-2-3-15-11(6-10)7-13(18-15)8-12-9-17-5-4-14(12)16/h2-3,6,12-13H,4-5,7-9H2,1H3. The largest absolute Gasteiger partial charge is 0.490 e. The molecule has 1 fully saturated rings. The van der Waals surface area contributed by atoms with Gasteiger partial charge in [-0.1, -0.05) is 17.7 Å². The van der Waals surface area contributed by atoms with Crippen LogP contribution in [0.4, 0.5) is 0 Å². The Morgan fingerprint density at radius 3 is 3.11 bits per heavy atom. The van der Waals surface area contributed by atoms with Gasteiger partial charge in [-0.05, 0) is 25.0 Å². The van der Waals surface area contributed by atoms with Crippen LogP contribution >= 0.6 is 0 Å². The van der Waals surface area contributed by atoms with Crippen molar-refractivity contribution < 1.29 is 14.3 Å². The molecule has 2 aliphatic rings. The zero-order chi connectivity index (χ0) is 12.5. The van der Waals surface area contributed by atoms with E-state index in [9.17, 15) is 4.79 Å². The van der Waals surface area contributed by atoms with Crippen molar-refractivity contribution in [2.24, 2.45) is 5.92 Å². The molecule has 3 rings (SSSR count). The second kappa shape index (κ2) is 4.73. The topological polar surface area (TPSA) is 35.5 Å². The monoisotopic (exact) mass is 246 g/mol. The summed E-state index contributed by atoms with van der Waals surface area (Å²) < 4.78 is 11.3. The van der Waals surface area contributed by atoms with Crippen molar-refractivity contribution in [2.45, 2.75) is 32.3 Å². The zero-order valence-electron chi connectivity index (χ0n) is 10.6. The van der Waals surface area contributed by atoms with Crippen molar-refractivity contribution in [3.05, 3.63) is 29.3 Å². The van der Waals surface area contributed by atoms with E-state index in [2.05, 4.69) is 19.1 Å². The smallest absolute Gasteiger partial charge is 0.140 e. The van der Waals surface area contributed by atoms with Crippen molar-refractivity contribution in [1.29, 1.82) is 0 Å². The van der Waals surface area contributed by atoms with E-state index >= 15 is 0 Å². The van der Waals surface area contributed by atoms with E-state index in [1.54, 1.807) is 0 Å². The molecule has 2 atom stereocenters. The highest BCUT2D eigenvalue weighted by atomic mass is 16.5.